The zero-order valence-electron chi connectivity index (χ0n) is 16.1. The van der Waals surface area contributed by atoms with Crippen LogP contribution >= 0.6 is 0 Å². The van der Waals surface area contributed by atoms with E-state index < -0.39 is 11.8 Å². The van der Waals surface area contributed by atoms with Crippen molar-refractivity contribution in [3.63, 3.8) is 0 Å². The Balaban J connectivity index is 1.61. The van der Waals surface area contributed by atoms with E-state index in [1.54, 1.807) is 48.5 Å². The Morgan fingerprint density at radius 1 is 0.767 bits per heavy atom. The van der Waals surface area contributed by atoms with Crippen LogP contribution in [0.3, 0.4) is 0 Å². The number of hydrogen-bond donors (Lipinski definition) is 3. The molecule has 3 rings (SSSR count). The summed E-state index contributed by atoms with van der Waals surface area (Å²) in [5.41, 5.74) is 6.64. The van der Waals surface area contributed by atoms with Crippen LogP contribution in [0.25, 0.3) is 0 Å². The molecule has 3 aromatic rings. The Labute approximate surface area is 173 Å². The number of carbonyl (C=O) groups excluding carboxylic acids is 3. The van der Waals surface area contributed by atoms with Gasteiger partial charge in [0.15, 0.2) is 0 Å². The van der Waals surface area contributed by atoms with Gasteiger partial charge in [0.25, 0.3) is 11.8 Å². The molecular formula is C23H21N3O4. The van der Waals surface area contributed by atoms with E-state index in [0.717, 1.165) is 5.56 Å². The molecule has 0 spiro atoms. The molecule has 0 saturated carbocycles. The van der Waals surface area contributed by atoms with Gasteiger partial charge in [0.1, 0.15) is 11.5 Å². The van der Waals surface area contributed by atoms with Gasteiger partial charge >= 0.3 is 0 Å². The second-order valence-corrected chi connectivity index (χ2v) is 6.44. The molecule has 7 heteroatoms. The average molecular weight is 403 g/mol. The fourth-order valence-electron chi connectivity index (χ4n) is 2.68. The molecule has 152 valence electrons. The quantitative estimate of drug-likeness (QED) is 0.537. The lowest BCUT2D eigenvalue weighted by Gasteiger charge is -2.11. The third-order valence-corrected chi connectivity index (χ3v) is 4.20. The monoisotopic (exact) mass is 403 g/mol. The number of benzene rings is 3. The van der Waals surface area contributed by atoms with E-state index in [-0.39, 0.29) is 19.0 Å². The molecule has 4 N–H and O–H groups in total. The van der Waals surface area contributed by atoms with Crippen molar-refractivity contribution in [2.24, 2.45) is 5.73 Å². The van der Waals surface area contributed by atoms with Crippen molar-refractivity contribution < 1.29 is 19.1 Å². The first-order valence-electron chi connectivity index (χ1n) is 9.28. The normalized spacial score (nSPS) is 10.1. The topological polar surface area (TPSA) is 111 Å². The van der Waals surface area contributed by atoms with Crippen LogP contribution in [0.1, 0.15) is 26.3 Å². The third kappa shape index (κ3) is 5.68. The largest absolute Gasteiger partial charge is 0.457 e. The van der Waals surface area contributed by atoms with Gasteiger partial charge in [-0.2, -0.15) is 0 Å². The highest BCUT2D eigenvalue weighted by molar-refractivity contribution is 5.97. The molecule has 0 aliphatic heterocycles. The van der Waals surface area contributed by atoms with Crippen LogP contribution in [-0.4, -0.2) is 24.3 Å². The number of nitrogens with two attached hydrogens (primary N) is 1. The number of carbonyl (C=O) groups is 3. The highest BCUT2D eigenvalue weighted by Gasteiger charge is 2.13. The minimum Gasteiger partial charge on any atom is -0.457 e. The first-order valence-corrected chi connectivity index (χ1v) is 9.28. The molecule has 0 atom stereocenters. The molecule has 0 unspecified atom stereocenters. The van der Waals surface area contributed by atoms with Crippen molar-refractivity contribution in [1.29, 1.82) is 0 Å². The molecule has 3 aromatic carbocycles. The second kappa shape index (κ2) is 9.88. The van der Waals surface area contributed by atoms with Gasteiger partial charge in [-0.05, 0) is 42.0 Å². The number of hydrogen-bond acceptors (Lipinski definition) is 4. The van der Waals surface area contributed by atoms with Crippen LogP contribution in [-0.2, 0) is 11.3 Å². The van der Waals surface area contributed by atoms with E-state index in [9.17, 15) is 14.4 Å². The summed E-state index contributed by atoms with van der Waals surface area (Å²) in [5.74, 6) is -0.175. The van der Waals surface area contributed by atoms with Crippen molar-refractivity contribution in [3.8, 4) is 11.5 Å². The third-order valence-electron chi connectivity index (χ3n) is 4.20. The molecule has 0 saturated heterocycles. The summed E-state index contributed by atoms with van der Waals surface area (Å²) in [7, 11) is 0. The number of nitrogens with one attached hydrogen (secondary N) is 2. The summed E-state index contributed by atoms with van der Waals surface area (Å²) < 4.78 is 5.83. The summed E-state index contributed by atoms with van der Waals surface area (Å²) in [6.45, 7) is 0.0583. The Bertz CT molecular complexity index is 1030. The highest BCUT2D eigenvalue weighted by atomic mass is 16.5. The van der Waals surface area contributed by atoms with E-state index in [1.807, 2.05) is 30.3 Å². The van der Waals surface area contributed by atoms with Gasteiger partial charge in [0.05, 0.1) is 12.1 Å². The summed E-state index contributed by atoms with van der Waals surface area (Å²) in [6, 6.07) is 22.9. The minimum absolute atomic E-state index is 0.221. The zero-order chi connectivity index (χ0) is 21.3. The standard InChI is InChI=1S/C23H21N3O4/c24-21(27)15-26-22(28)17-12-10-16(11-13-17)14-25-23(29)19-8-4-5-9-20(19)30-18-6-2-1-3-7-18/h1-13H,14-15H2,(H2,24,27)(H,25,29)(H,26,28). The Morgan fingerprint density at radius 3 is 2.13 bits per heavy atom. The van der Waals surface area contributed by atoms with Crippen LogP contribution in [0.5, 0.6) is 11.5 Å². The number of rotatable bonds is 8. The van der Waals surface area contributed by atoms with Crippen molar-refractivity contribution in [1.82, 2.24) is 10.6 Å². The maximum Gasteiger partial charge on any atom is 0.255 e. The molecule has 30 heavy (non-hydrogen) atoms. The van der Waals surface area contributed by atoms with E-state index in [2.05, 4.69) is 10.6 Å². The number of para-hydroxylation sites is 2. The first kappa shape index (κ1) is 20.6. The van der Waals surface area contributed by atoms with Gasteiger partial charge in [-0.25, -0.2) is 0 Å². The fourth-order valence-corrected chi connectivity index (χ4v) is 2.68. The van der Waals surface area contributed by atoms with Crippen LogP contribution in [0.2, 0.25) is 0 Å². The molecule has 0 radical (unpaired) electrons. The predicted molar refractivity (Wildman–Crippen MR) is 112 cm³/mol. The Morgan fingerprint density at radius 2 is 1.43 bits per heavy atom. The number of amides is 3. The summed E-state index contributed by atoms with van der Waals surface area (Å²) in [6.07, 6.45) is 0. The lowest BCUT2D eigenvalue weighted by molar-refractivity contribution is -0.117. The maximum absolute atomic E-state index is 12.7. The van der Waals surface area contributed by atoms with Crippen molar-refractivity contribution in [3.05, 3.63) is 95.6 Å². The second-order valence-electron chi connectivity index (χ2n) is 6.44. The first-order chi connectivity index (χ1) is 14.5. The van der Waals surface area contributed by atoms with Gasteiger partial charge in [0, 0.05) is 12.1 Å². The minimum atomic E-state index is -0.612. The van der Waals surface area contributed by atoms with Crippen LogP contribution < -0.4 is 21.1 Å². The van der Waals surface area contributed by atoms with E-state index >= 15 is 0 Å². The zero-order valence-corrected chi connectivity index (χ0v) is 16.1. The van der Waals surface area contributed by atoms with Gasteiger partial charge in [-0.15, -0.1) is 0 Å². The smallest absolute Gasteiger partial charge is 0.255 e. The van der Waals surface area contributed by atoms with E-state index in [4.69, 9.17) is 10.5 Å². The van der Waals surface area contributed by atoms with Gasteiger partial charge in [0.2, 0.25) is 5.91 Å². The van der Waals surface area contributed by atoms with Crippen LogP contribution in [0.15, 0.2) is 78.9 Å². The average Bonchev–Trinajstić information content (AvgIpc) is 2.77. The lowest BCUT2D eigenvalue weighted by atomic mass is 10.1. The molecule has 3 amide bonds. The molecule has 0 aliphatic carbocycles. The predicted octanol–water partition coefficient (Wildman–Crippen LogP) is 2.62. The van der Waals surface area contributed by atoms with Crippen molar-refractivity contribution in [2.45, 2.75) is 6.54 Å². The molecule has 0 fully saturated rings. The van der Waals surface area contributed by atoms with Crippen LogP contribution in [0, 0.1) is 0 Å². The number of ether oxygens (including phenoxy) is 1. The summed E-state index contributed by atoms with van der Waals surface area (Å²) >= 11 is 0. The molecule has 0 bridgehead atoms. The van der Waals surface area contributed by atoms with Crippen molar-refractivity contribution in [2.75, 3.05) is 6.54 Å². The van der Waals surface area contributed by atoms with Crippen LogP contribution in [0.4, 0.5) is 0 Å². The SMILES string of the molecule is NC(=O)CNC(=O)c1ccc(CNC(=O)c2ccccc2Oc2ccccc2)cc1. The molecule has 7 nitrogen and oxygen atoms in total. The maximum atomic E-state index is 12.7. The lowest BCUT2D eigenvalue weighted by Crippen LogP contribution is -2.33. The van der Waals surface area contributed by atoms with Gasteiger partial charge in [-0.3, -0.25) is 14.4 Å². The summed E-state index contributed by atoms with van der Waals surface area (Å²) in [5, 5.41) is 5.27. The van der Waals surface area contributed by atoms with Gasteiger partial charge in [-0.1, -0.05) is 42.5 Å². The van der Waals surface area contributed by atoms with E-state index in [0.29, 0.717) is 22.6 Å². The van der Waals surface area contributed by atoms with E-state index in [1.165, 1.54) is 0 Å². The highest BCUT2D eigenvalue weighted by Crippen LogP contribution is 2.25. The fraction of sp³-hybridized carbons (Fsp3) is 0.0870. The Kier molecular flexibility index (Phi) is 6.78. The molecule has 0 heterocycles. The van der Waals surface area contributed by atoms with Crippen molar-refractivity contribution >= 4 is 17.7 Å². The molecule has 0 aliphatic rings. The molecule has 0 aromatic heterocycles. The summed E-state index contributed by atoms with van der Waals surface area (Å²) in [4.78, 5) is 35.3. The molecular weight excluding hydrogens is 382 g/mol. The van der Waals surface area contributed by atoms with Gasteiger partial charge < -0.3 is 21.1 Å². The Hall–Kier alpha value is -4.13. The number of primary amides is 1.